The maximum absolute atomic E-state index is 12.7. The van der Waals surface area contributed by atoms with Crippen molar-refractivity contribution in [1.29, 1.82) is 0 Å². The number of sulfone groups is 1. The fourth-order valence-electron chi connectivity index (χ4n) is 2.78. The summed E-state index contributed by atoms with van der Waals surface area (Å²) in [5.41, 5.74) is 1.42. The Morgan fingerprint density at radius 2 is 1.90 bits per heavy atom. The number of carbonyl (C=O) groups is 1. The molecule has 0 fully saturated rings. The van der Waals surface area contributed by atoms with Gasteiger partial charge in [-0.05, 0) is 54.5 Å². The highest BCUT2D eigenvalue weighted by Crippen LogP contribution is 2.23. The minimum absolute atomic E-state index is 0.269. The average Bonchev–Trinajstić information content (AvgIpc) is 3.02. The Bertz CT molecular complexity index is 1190. The van der Waals surface area contributed by atoms with Crippen LogP contribution in [0, 0.1) is 0 Å². The van der Waals surface area contributed by atoms with E-state index in [2.05, 4.69) is 11.9 Å². The van der Waals surface area contributed by atoms with Gasteiger partial charge in [-0.25, -0.2) is 8.42 Å². The Kier molecular flexibility index (Phi) is 7.26. The highest BCUT2D eigenvalue weighted by atomic mass is 32.2. The first-order valence-corrected chi connectivity index (χ1v) is 14.1. The van der Waals surface area contributed by atoms with Crippen molar-refractivity contribution in [1.82, 2.24) is 4.57 Å². The first-order chi connectivity index (χ1) is 13.8. The lowest BCUT2D eigenvalue weighted by Crippen LogP contribution is -2.18. The highest BCUT2D eigenvalue weighted by molar-refractivity contribution is 7.99. The summed E-state index contributed by atoms with van der Waals surface area (Å²) in [5, 5.41) is 0. The second kappa shape index (κ2) is 9.51. The zero-order chi connectivity index (χ0) is 21.0. The topological polar surface area (TPSA) is 68.5 Å². The van der Waals surface area contributed by atoms with Crippen LogP contribution in [0.1, 0.15) is 17.3 Å². The number of fused-ring (bicyclic) bond motifs is 1. The quantitative estimate of drug-likeness (QED) is 0.485. The number of nitrogens with zero attached hydrogens (tertiary/aromatic N) is 2. The Balaban J connectivity index is 2.06. The summed E-state index contributed by atoms with van der Waals surface area (Å²) in [4.78, 5) is 19.1. The first kappa shape index (κ1) is 22.1. The van der Waals surface area contributed by atoms with Crippen LogP contribution < -0.4 is 4.80 Å². The van der Waals surface area contributed by atoms with E-state index in [1.54, 1.807) is 53.9 Å². The van der Waals surface area contributed by atoms with E-state index in [0.29, 0.717) is 16.9 Å². The van der Waals surface area contributed by atoms with E-state index in [-0.39, 0.29) is 10.8 Å². The molecule has 9 heteroatoms. The smallest absolute Gasteiger partial charge is 0.279 e. The third kappa shape index (κ3) is 5.33. The molecule has 0 unspecified atom stereocenters. The monoisotopic (exact) mass is 466 g/mol. The van der Waals surface area contributed by atoms with Crippen molar-refractivity contribution in [3.63, 3.8) is 0 Å². The number of benzene rings is 2. The minimum Gasteiger partial charge on any atom is -0.316 e. The molecule has 1 heterocycles. The summed E-state index contributed by atoms with van der Waals surface area (Å²) in [6, 6.07) is 12.5. The third-order valence-corrected chi connectivity index (χ3v) is 7.85. The molecule has 0 aliphatic heterocycles. The molecule has 0 radical (unpaired) electrons. The predicted octanol–water partition coefficient (Wildman–Crippen LogP) is 4.32. The number of carbonyl (C=O) groups excluding carboxylic acids is 1. The van der Waals surface area contributed by atoms with Crippen molar-refractivity contribution >= 4 is 60.8 Å². The molecule has 0 N–H and O–H groups in total. The molecule has 0 aliphatic rings. The van der Waals surface area contributed by atoms with E-state index in [1.807, 2.05) is 23.0 Å². The van der Waals surface area contributed by atoms with E-state index in [4.69, 9.17) is 0 Å². The molecule has 0 atom stereocenters. The standard InChI is InChI=1S/C20H22N2O3S4/c1-4-27-15-7-5-14(6-8-15)19(23)21-20-22(11-12-26-2)17-10-9-16(29(3,24)25)13-18(17)28-20/h5-10,13H,4,11-12H2,1-3H3. The van der Waals surface area contributed by atoms with Crippen LogP contribution in [0.25, 0.3) is 10.2 Å². The SMILES string of the molecule is CCSc1ccc(C(=O)N=c2sc3cc(S(C)(=O)=O)ccc3n2CCSC)cc1. The number of rotatable bonds is 7. The van der Waals surface area contributed by atoms with Crippen LogP contribution in [0.15, 0.2) is 57.2 Å². The van der Waals surface area contributed by atoms with Crippen LogP contribution in [0.4, 0.5) is 0 Å². The number of hydrogen-bond donors (Lipinski definition) is 0. The number of thiazole rings is 1. The van der Waals surface area contributed by atoms with Gasteiger partial charge in [0.15, 0.2) is 14.6 Å². The molecule has 29 heavy (non-hydrogen) atoms. The maximum Gasteiger partial charge on any atom is 0.279 e. The zero-order valence-corrected chi connectivity index (χ0v) is 19.7. The molecule has 0 saturated carbocycles. The van der Waals surface area contributed by atoms with Gasteiger partial charge >= 0.3 is 0 Å². The maximum atomic E-state index is 12.7. The van der Waals surface area contributed by atoms with Gasteiger partial charge in [-0.1, -0.05) is 18.3 Å². The predicted molar refractivity (Wildman–Crippen MR) is 124 cm³/mol. The Labute approximate surface area is 183 Å². The lowest BCUT2D eigenvalue weighted by atomic mass is 10.2. The number of hydrogen-bond acceptors (Lipinski definition) is 6. The van der Waals surface area contributed by atoms with Crippen LogP contribution >= 0.6 is 34.9 Å². The van der Waals surface area contributed by atoms with Crippen LogP contribution in [0.5, 0.6) is 0 Å². The summed E-state index contributed by atoms with van der Waals surface area (Å²) < 4.78 is 26.6. The van der Waals surface area contributed by atoms with Gasteiger partial charge in [0.1, 0.15) is 0 Å². The second-order valence-corrected chi connectivity index (χ2v) is 11.7. The van der Waals surface area contributed by atoms with Gasteiger partial charge in [0, 0.05) is 29.0 Å². The molecule has 5 nitrogen and oxygen atoms in total. The van der Waals surface area contributed by atoms with Gasteiger partial charge in [-0.2, -0.15) is 16.8 Å². The molecule has 3 rings (SSSR count). The van der Waals surface area contributed by atoms with Crippen LogP contribution in [-0.2, 0) is 16.4 Å². The third-order valence-electron chi connectivity index (χ3n) is 4.21. The number of amides is 1. The van der Waals surface area contributed by atoms with Crippen molar-refractivity contribution < 1.29 is 13.2 Å². The fourth-order valence-corrected chi connectivity index (χ4v) is 5.62. The van der Waals surface area contributed by atoms with Crippen LogP contribution in [-0.4, -0.2) is 42.9 Å². The van der Waals surface area contributed by atoms with Crippen molar-refractivity contribution in [2.75, 3.05) is 24.0 Å². The molecule has 0 aliphatic carbocycles. The number of thioether (sulfide) groups is 2. The normalized spacial score (nSPS) is 12.6. The van der Waals surface area contributed by atoms with Gasteiger partial charge in [-0.3, -0.25) is 4.79 Å². The highest BCUT2D eigenvalue weighted by Gasteiger charge is 2.13. The van der Waals surface area contributed by atoms with Gasteiger partial charge in [0.2, 0.25) is 0 Å². The van der Waals surface area contributed by atoms with E-state index in [9.17, 15) is 13.2 Å². The molecular weight excluding hydrogens is 444 g/mol. The fraction of sp³-hybridized carbons (Fsp3) is 0.300. The molecule has 0 saturated heterocycles. The molecular formula is C20H22N2O3S4. The van der Waals surface area contributed by atoms with Crippen molar-refractivity contribution in [3.8, 4) is 0 Å². The summed E-state index contributed by atoms with van der Waals surface area (Å²) in [7, 11) is -3.30. The molecule has 1 amide bonds. The van der Waals surface area contributed by atoms with Gasteiger partial charge in [0.25, 0.3) is 5.91 Å². The van der Waals surface area contributed by atoms with E-state index < -0.39 is 9.84 Å². The van der Waals surface area contributed by atoms with Gasteiger partial charge in [0.05, 0.1) is 15.1 Å². The molecule has 154 valence electrons. The van der Waals surface area contributed by atoms with Crippen molar-refractivity contribution in [3.05, 3.63) is 52.8 Å². The van der Waals surface area contributed by atoms with E-state index >= 15 is 0 Å². The minimum atomic E-state index is -3.30. The molecule has 0 spiro atoms. The summed E-state index contributed by atoms with van der Waals surface area (Å²) in [5.74, 6) is 1.54. The van der Waals surface area contributed by atoms with E-state index in [0.717, 1.165) is 26.6 Å². The van der Waals surface area contributed by atoms with Gasteiger partial charge in [-0.15, -0.1) is 11.8 Å². The first-order valence-electron chi connectivity index (χ1n) is 8.97. The largest absolute Gasteiger partial charge is 0.316 e. The number of aromatic nitrogens is 1. The Hall–Kier alpha value is -1.55. The molecule has 2 aromatic carbocycles. The summed E-state index contributed by atoms with van der Waals surface area (Å²) in [6.07, 6.45) is 3.22. The lowest BCUT2D eigenvalue weighted by molar-refractivity contribution is 0.0998. The lowest BCUT2D eigenvalue weighted by Gasteiger charge is -2.04. The summed E-state index contributed by atoms with van der Waals surface area (Å²) >= 11 is 4.76. The van der Waals surface area contributed by atoms with Crippen LogP contribution in [0.3, 0.4) is 0 Å². The molecule has 1 aromatic heterocycles. The zero-order valence-electron chi connectivity index (χ0n) is 16.4. The number of aryl methyl sites for hydroxylation is 1. The average molecular weight is 467 g/mol. The Morgan fingerprint density at radius 1 is 1.17 bits per heavy atom. The molecule has 0 bridgehead atoms. The second-order valence-electron chi connectivity index (χ2n) is 6.31. The Morgan fingerprint density at radius 3 is 2.52 bits per heavy atom. The van der Waals surface area contributed by atoms with Gasteiger partial charge < -0.3 is 4.57 Å². The van der Waals surface area contributed by atoms with E-state index in [1.165, 1.54) is 17.6 Å². The van der Waals surface area contributed by atoms with Crippen molar-refractivity contribution in [2.24, 2.45) is 4.99 Å². The van der Waals surface area contributed by atoms with Crippen molar-refractivity contribution in [2.45, 2.75) is 23.3 Å². The van der Waals surface area contributed by atoms with Crippen LogP contribution in [0.2, 0.25) is 0 Å². The summed E-state index contributed by atoms with van der Waals surface area (Å²) in [6.45, 7) is 2.78. The molecule has 3 aromatic rings.